The van der Waals surface area contributed by atoms with E-state index in [1.54, 1.807) is 0 Å². The van der Waals surface area contributed by atoms with Crippen molar-refractivity contribution in [2.45, 2.75) is 32.9 Å². The van der Waals surface area contributed by atoms with Gasteiger partial charge in [-0.05, 0) is 23.6 Å². The zero-order valence-corrected chi connectivity index (χ0v) is 13.7. The van der Waals surface area contributed by atoms with Crippen molar-refractivity contribution in [3.63, 3.8) is 0 Å². The van der Waals surface area contributed by atoms with Gasteiger partial charge in [-0.15, -0.1) is 0 Å². The normalized spacial score (nSPS) is 15.1. The molecule has 128 valence electrons. The molecule has 2 unspecified atom stereocenters. The van der Waals surface area contributed by atoms with Crippen LogP contribution in [0.15, 0.2) is 28.9 Å². The molecule has 2 aromatic rings. The Morgan fingerprint density at radius 3 is 2.96 bits per heavy atom. The summed E-state index contributed by atoms with van der Waals surface area (Å²) in [6, 6.07) is 5.23. The fraction of sp³-hybridized carbons (Fsp3) is 0.412. The van der Waals surface area contributed by atoms with Crippen molar-refractivity contribution in [1.29, 1.82) is 0 Å². The van der Waals surface area contributed by atoms with Crippen LogP contribution in [0.4, 0.5) is 0 Å². The van der Waals surface area contributed by atoms with Crippen LogP contribution in [0.1, 0.15) is 48.3 Å². The van der Waals surface area contributed by atoms with E-state index in [9.17, 15) is 4.79 Å². The molecule has 7 nitrogen and oxygen atoms in total. The van der Waals surface area contributed by atoms with E-state index in [1.165, 1.54) is 6.26 Å². The van der Waals surface area contributed by atoms with Crippen molar-refractivity contribution >= 4 is 5.91 Å². The minimum atomic E-state index is -0.314. The summed E-state index contributed by atoms with van der Waals surface area (Å²) in [5.41, 5.74) is 7.20. The second-order valence-corrected chi connectivity index (χ2v) is 5.85. The van der Waals surface area contributed by atoms with Gasteiger partial charge < -0.3 is 24.9 Å². The molecule has 24 heavy (non-hydrogen) atoms. The lowest BCUT2D eigenvalue weighted by atomic mass is 10.0. The Bertz CT molecular complexity index is 728. The first-order valence-electron chi connectivity index (χ1n) is 7.96. The molecular weight excluding hydrogens is 310 g/mol. The molecule has 0 saturated carbocycles. The van der Waals surface area contributed by atoms with E-state index in [-0.39, 0.29) is 30.4 Å². The predicted molar refractivity (Wildman–Crippen MR) is 86.6 cm³/mol. The summed E-state index contributed by atoms with van der Waals surface area (Å²) in [6.07, 6.45) is 2.25. The third-order valence-electron chi connectivity index (χ3n) is 4.19. The van der Waals surface area contributed by atoms with Crippen LogP contribution in [-0.4, -0.2) is 17.7 Å². The van der Waals surface area contributed by atoms with Gasteiger partial charge in [0, 0.05) is 6.54 Å². The van der Waals surface area contributed by atoms with Crippen molar-refractivity contribution in [3.8, 4) is 11.5 Å². The lowest BCUT2D eigenvalue weighted by Gasteiger charge is -2.13. The molecule has 0 fully saturated rings. The van der Waals surface area contributed by atoms with Crippen molar-refractivity contribution < 1.29 is 18.7 Å². The third-order valence-corrected chi connectivity index (χ3v) is 4.19. The maximum absolute atomic E-state index is 12.2. The van der Waals surface area contributed by atoms with Crippen LogP contribution in [-0.2, 0) is 6.54 Å². The van der Waals surface area contributed by atoms with Gasteiger partial charge in [-0.1, -0.05) is 26.3 Å². The molecule has 0 saturated heterocycles. The van der Waals surface area contributed by atoms with Gasteiger partial charge in [0.05, 0.1) is 6.04 Å². The molecule has 1 aliphatic rings. The molecule has 0 bridgehead atoms. The second-order valence-electron chi connectivity index (χ2n) is 5.85. The number of hydrogen-bond donors (Lipinski definition) is 2. The maximum atomic E-state index is 12.2. The molecule has 1 amide bonds. The fourth-order valence-corrected chi connectivity index (χ4v) is 2.37. The number of rotatable bonds is 6. The number of carbonyl (C=O) groups excluding carboxylic acids is 1. The van der Waals surface area contributed by atoms with Gasteiger partial charge in [0.15, 0.2) is 17.2 Å². The van der Waals surface area contributed by atoms with E-state index in [4.69, 9.17) is 19.6 Å². The zero-order valence-electron chi connectivity index (χ0n) is 13.7. The highest BCUT2D eigenvalue weighted by molar-refractivity contribution is 5.91. The Morgan fingerprint density at radius 1 is 1.38 bits per heavy atom. The standard InChI is InChI=1S/C17H21N3O4/c1-3-10(2)15(18)17-20-12(8-22-17)16(21)19-7-11-4-5-13-14(6-11)24-9-23-13/h4-6,8,10,15H,3,7,9,18H2,1-2H3,(H,19,21). The number of hydrogen-bond acceptors (Lipinski definition) is 6. The number of ether oxygens (including phenoxy) is 2. The Kier molecular flexibility index (Phi) is 4.71. The minimum Gasteiger partial charge on any atom is -0.454 e. The van der Waals surface area contributed by atoms with Crippen molar-refractivity contribution in [2.24, 2.45) is 11.7 Å². The van der Waals surface area contributed by atoms with Crippen LogP contribution >= 0.6 is 0 Å². The first-order chi connectivity index (χ1) is 11.6. The van der Waals surface area contributed by atoms with Crippen molar-refractivity contribution in [3.05, 3.63) is 41.6 Å². The monoisotopic (exact) mass is 331 g/mol. The highest BCUT2D eigenvalue weighted by Crippen LogP contribution is 2.32. The Hall–Kier alpha value is -2.54. The smallest absolute Gasteiger partial charge is 0.273 e. The van der Waals surface area contributed by atoms with Gasteiger partial charge in [0.2, 0.25) is 12.7 Å². The zero-order chi connectivity index (χ0) is 17.1. The summed E-state index contributed by atoms with van der Waals surface area (Å²) in [5.74, 6) is 1.71. The van der Waals surface area contributed by atoms with Gasteiger partial charge in [0.1, 0.15) is 6.26 Å². The lowest BCUT2D eigenvalue weighted by Crippen LogP contribution is -2.24. The Balaban J connectivity index is 1.60. The average Bonchev–Trinajstić information content (AvgIpc) is 3.26. The number of nitrogens with two attached hydrogens (primary N) is 1. The molecule has 2 heterocycles. The summed E-state index contributed by atoms with van der Waals surface area (Å²) < 4.78 is 15.9. The molecule has 1 aromatic heterocycles. The van der Waals surface area contributed by atoms with Gasteiger partial charge in [-0.2, -0.15) is 0 Å². The lowest BCUT2D eigenvalue weighted by molar-refractivity contribution is 0.0945. The molecule has 0 spiro atoms. The number of amides is 1. The average molecular weight is 331 g/mol. The number of oxazole rings is 1. The first-order valence-corrected chi connectivity index (χ1v) is 7.96. The fourth-order valence-electron chi connectivity index (χ4n) is 2.37. The summed E-state index contributed by atoms with van der Waals surface area (Å²) in [6.45, 7) is 4.65. The quantitative estimate of drug-likeness (QED) is 0.843. The van der Waals surface area contributed by atoms with Crippen LogP contribution in [0, 0.1) is 5.92 Å². The highest BCUT2D eigenvalue weighted by atomic mass is 16.7. The molecule has 7 heteroatoms. The van der Waals surface area contributed by atoms with E-state index in [0.717, 1.165) is 12.0 Å². The second kappa shape index (κ2) is 6.92. The van der Waals surface area contributed by atoms with Gasteiger partial charge in [-0.3, -0.25) is 4.79 Å². The van der Waals surface area contributed by atoms with Gasteiger partial charge in [-0.25, -0.2) is 4.98 Å². The summed E-state index contributed by atoms with van der Waals surface area (Å²) in [4.78, 5) is 16.4. The molecule has 1 aliphatic heterocycles. The number of aromatic nitrogens is 1. The molecule has 1 aromatic carbocycles. The van der Waals surface area contributed by atoms with Gasteiger partial charge in [0.25, 0.3) is 5.91 Å². The number of fused-ring (bicyclic) bond motifs is 1. The van der Waals surface area contributed by atoms with Gasteiger partial charge >= 0.3 is 0 Å². The van der Waals surface area contributed by atoms with Crippen LogP contribution in [0.5, 0.6) is 11.5 Å². The van der Waals surface area contributed by atoms with Crippen LogP contribution < -0.4 is 20.5 Å². The number of nitrogens with one attached hydrogen (secondary N) is 1. The van der Waals surface area contributed by atoms with Crippen molar-refractivity contribution in [2.75, 3.05) is 6.79 Å². The molecule has 2 atom stereocenters. The minimum absolute atomic E-state index is 0.225. The third kappa shape index (κ3) is 3.35. The van der Waals surface area contributed by atoms with Crippen molar-refractivity contribution in [1.82, 2.24) is 10.3 Å². The topological polar surface area (TPSA) is 99.6 Å². The molecule has 0 radical (unpaired) electrons. The van der Waals surface area contributed by atoms with E-state index < -0.39 is 0 Å². The van der Waals surface area contributed by atoms with E-state index in [2.05, 4.69) is 10.3 Å². The molecular formula is C17H21N3O4. The SMILES string of the molecule is CCC(C)C(N)c1nc(C(=O)NCc2ccc3c(c2)OCO3)co1. The van der Waals surface area contributed by atoms with Crippen LogP contribution in [0.3, 0.4) is 0 Å². The number of carbonyl (C=O) groups is 1. The molecule has 0 aliphatic carbocycles. The molecule has 3 rings (SSSR count). The first kappa shape index (κ1) is 16.3. The van der Waals surface area contributed by atoms with Crippen LogP contribution in [0.25, 0.3) is 0 Å². The highest BCUT2D eigenvalue weighted by Gasteiger charge is 2.21. The number of benzene rings is 1. The van der Waals surface area contributed by atoms with E-state index >= 15 is 0 Å². The maximum Gasteiger partial charge on any atom is 0.273 e. The predicted octanol–water partition coefficient (Wildman–Crippen LogP) is 2.38. The Morgan fingerprint density at radius 2 is 2.17 bits per heavy atom. The largest absolute Gasteiger partial charge is 0.454 e. The number of nitrogens with zero attached hydrogens (tertiary/aromatic N) is 1. The molecule has 3 N–H and O–H groups in total. The van der Waals surface area contributed by atoms with E-state index in [0.29, 0.717) is 23.9 Å². The summed E-state index contributed by atoms with van der Waals surface area (Å²) >= 11 is 0. The van der Waals surface area contributed by atoms with Crippen LogP contribution in [0.2, 0.25) is 0 Å². The Labute approximate surface area is 140 Å². The summed E-state index contributed by atoms with van der Waals surface area (Å²) in [7, 11) is 0. The summed E-state index contributed by atoms with van der Waals surface area (Å²) in [5, 5.41) is 2.80. The van der Waals surface area contributed by atoms with E-state index in [1.807, 2.05) is 32.0 Å².